The normalized spacial score (nSPS) is 14.7. The molecule has 0 spiro atoms. The fraction of sp³-hybridized carbons (Fsp3) is 0.286. The molecule has 2 aromatic carbocycles. The summed E-state index contributed by atoms with van der Waals surface area (Å²) in [5.74, 6) is -1.25. The molecule has 0 aromatic heterocycles. The van der Waals surface area contributed by atoms with E-state index in [4.69, 9.17) is 0 Å². The van der Waals surface area contributed by atoms with Gasteiger partial charge in [0.05, 0.1) is 5.69 Å². The number of anilines is 3. The first-order valence-corrected chi connectivity index (χ1v) is 9.08. The number of amides is 3. The van der Waals surface area contributed by atoms with Crippen molar-refractivity contribution in [1.82, 2.24) is 0 Å². The Labute approximate surface area is 157 Å². The van der Waals surface area contributed by atoms with E-state index >= 15 is 0 Å². The number of nitrogens with one attached hydrogen (secondary N) is 2. The summed E-state index contributed by atoms with van der Waals surface area (Å²) in [5.41, 5.74) is 6.31. The number of aryl methyl sites for hydroxylation is 3. The van der Waals surface area contributed by atoms with Crippen molar-refractivity contribution in [2.45, 2.75) is 33.1 Å². The molecule has 0 unspecified atom stereocenters. The van der Waals surface area contributed by atoms with E-state index in [9.17, 15) is 14.4 Å². The summed E-state index contributed by atoms with van der Waals surface area (Å²) in [7, 11) is 0. The molecule has 0 radical (unpaired) electrons. The predicted octanol–water partition coefficient (Wildman–Crippen LogP) is 2.72. The highest BCUT2D eigenvalue weighted by Gasteiger charge is 2.31. The molecule has 6 nitrogen and oxygen atoms in total. The predicted molar refractivity (Wildman–Crippen MR) is 104 cm³/mol. The number of nitrogens with zero attached hydrogens (tertiary/aromatic N) is 1. The van der Waals surface area contributed by atoms with Crippen molar-refractivity contribution in [3.05, 3.63) is 52.6 Å². The molecule has 6 heteroatoms. The number of carbonyl (C=O) groups is 3. The minimum Gasteiger partial charge on any atom is -0.318 e. The van der Waals surface area contributed by atoms with Crippen molar-refractivity contribution in [3.63, 3.8) is 0 Å². The van der Waals surface area contributed by atoms with E-state index in [2.05, 4.69) is 10.6 Å². The number of hydrogen-bond acceptors (Lipinski definition) is 3. The van der Waals surface area contributed by atoms with Gasteiger partial charge in [-0.1, -0.05) is 17.7 Å². The highest BCUT2D eigenvalue weighted by molar-refractivity contribution is 6.43. The van der Waals surface area contributed by atoms with Crippen molar-refractivity contribution < 1.29 is 14.4 Å². The van der Waals surface area contributed by atoms with Crippen LogP contribution in [0.5, 0.6) is 0 Å². The Hall–Kier alpha value is -3.15. The van der Waals surface area contributed by atoms with Gasteiger partial charge in [0, 0.05) is 24.3 Å². The molecule has 2 N–H and O–H groups in total. The zero-order chi connectivity index (χ0) is 19.1. The second-order valence-electron chi connectivity index (χ2n) is 7.17. The lowest BCUT2D eigenvalue weighted by Crippen LogP contribution is -2.33. The van der Waals surface area contributed by atoms with E-state index in [1.54, 1.807) is 6.07 Å². The maximum Gasteiger partial charge on any atom is 0.314 e. The summed E-state index contributed by atoms with van der Waals surface area (Å²) in [6, 6.07) is 9.36. The van der Waals surface area contributed by atoms with Crippen LogP contribution in [0, 0.1) is 13.8 Å². The van der Waals surface area contributed by atoms with Gasteiger partial charge in [-0.2, -0.15) is 0 Å². The molecule has 2 aromatic rings. The van der Waals surface area contributed by atoms with E-state index in [1.807, 2.05) is 43.0 Å². The number of benzene rings is 2. The summed E-state index contributed by atoms with van der Waals surface area (Å²) < 4.78 is 0. The molecule has 2 aliphatic heterocycles. The van der Waals surface area contributed by atoms with Crippen LogP contribution in [0.1, 0.15) is 28.7 Å². The third kappa shape index (κ3) is 3.18. The Morgan fingerprint density at radius 3 is 2.37 bits per heavy atom. The van der Waals surface area contributed by atoms with Gasteiger partial charge < -0.3 is 15.5 Å². The van der Waals surface area contributed by atoms with Gasteiger partial charge in [-0.15, -0.1) is 0 Å². The van der Waals surface area contributed by atoms with Crippen LogP contribution in [-0.2, 0) is 27.2 Å². The lowest BCUT2D eigenvalue weighted by atomic mass is 9.98. The van der Waals surface area contributed by atoms with Crippen LogP contribution in [0.3, 0.4) is 0 Å². The van der Waals surface area contributed by atoms with Crippen molar-refractivity contribution in [3.8, 4) is 0 Å². The summed E-state index contributed by atoms with van der Waals surface area (Å²) in [5, 5.41) is 5.35. The minimum absolute atomic E-state index is 0.158. The van der Waals surface area contributed by atoms with Gasteiger partial charge in [-0.3, -0.25) is 14.4 Å². The Morgan fingerprint density at radius 1 is 0.926 bits per heavy atom. The summed E-state index contributed by atoms with van der Waals surface area (Å²) >= 11 is 0. The Balaban J connectivity index is 1.50. The Morgan fingerprint density at radius 2 is 1.63 bits per heavy atom. The van der Waals surface area contributed by atoms with Crippen molar-refractivity contribution in [1.29, 1.82) is 0 Å². The quantitative estimate of drug-likeness (QED) is 0.806. The largest absolute Gasteiger partial charge is 0.318 e. The van der Waals surface area contributed by atoms with Crippen LogP contribution >= 0.6 is 0 Å². The van der Waals surface area contributed by atoms with Crippen molar-refractivity contribution >= 4 is 34.8 Å². The van der Waals surface area contributed by atoms with Crippen LogP contribution in [-0.4, -0.2) is 24.3 Å². The first kappa shape index (κ1) is 17.3. The molecular weight excluding hydrogens is 342 g/mol. The average Bonchev–Trinajstić information content (AvgIpc) is 3.06. The average molecular weight is 363 g/mol. The highest BCUT2D eigenvalue weighted by Crippen LogP contribution is 2.38. The fourth-order valence-corrected chi connectivity index (χ4v) is 3.85. The van der Waals surface area contributed by atoms with Crippen LogP contribution < -0.4 is 15.5 Å². The maximum atomic E-state index is 12.3. The topological polar surface area (TPSA) is 78.5 Å². The molecule has 138 valence electrons. The zero-order valence-corrected chi connectivity index (χ0v) is 15.4. The van der Waals surface area contributed by atoms with Gasteiger partial charge in [-0.25, -0.2) is 0 Å². The van der Waals surface area contributed by atoms with Crippen molar-refractivity contribution in [2.24, 2.45) is 0 Å². The van der Waals surface area contributed by atoms with E-state index in [0.717, 1.165) is 34.4 Å². The SMILES string of the molecule is Cc1ccc(NC(=O)C(=O)Nc2cc3c4c(c2)CCN4C(=O)CC3)c(C)c1. The second-order valence-corrected chi connectivity index (χ2v) is 7.17. The standard InChI is InChI=1S/C21H21N3O3/c1-12-3-5-17(13(2)9-12)23-21(27)20(26)22-16-10-14-4-6-18(25)24-8-7-15(11-16)19(14)24/h3,5,9-11H,4,6-8H2,1-2H3,(H,22,26)(H,23,27). The van der Waals surface area contributed by atoms with E-state index < -0.39 is 11.8 Å². The second kappa shape index (κ2) is 6.54. The lowest BCUT2D eigenvalue weighted by molar-refractivity contribution is -0.133. The zero-order valence-electron chi connectivity index (χ0n) is 15.4. The van der Waals surface area contributed by atoms with Gasteiger partial charge in [0.2, 0.25) is 5.91 Å². The molecule has 3 amide bonds. The molecule has 0 saturated heterocycles. The van der Waals surface area contributed by atoms with E-state index in [1.165, 1.54) is 0 Å². The number of carbonyl (C=O) groups excluding carboxylic acids is 3. The van der Waals surface area contributed by atoms with Gasteiger partial charge in [0.15, 0.2) is 0 Å². The Kier molecular flexibility index (Phi) is 4.18. The molecule has 0 atom stereocenters. The molecule has 2 aliphatic rings. The highest BCUT2D eigenvalue weighted by atomic mass is 16.2. The molecule has 0 saturated carbocycles. The number of hydrogen-bond donors (Lipinski definition) is 2. The minimum atomic E-state index is -0.705. The molecular formula is C21H21N3O3. The van der Waals surface area contributed by atoms with Gasteiger partial charge in [0.1, 0.15) is 0 Å². The van der Waals surface area contributed by atoms with Crippen LogP contribution in [0.15, 0.2) is 30.3 Å². The van der Waals surface area contributed by atoms with Gasteiger partial charge in [-0.05, 0) is 61.6 Å². The Bertz CT molecular complexity index is 981. The first-order valence-electron chi connectivity index (χ1n) is 9.08. The van der Waals surface area contributed by atoms with Crippen LogP contribution in [0.4, 0.5) is 17.1 Å². The molecule has 2 heterocycles. The fourth-order valence-electron chi connectivity index (χ4n) is 3.85. The van der Waals surface area contributed by atoms with E-state index in [-0.39, 0.29) is 5.91 Å². The van der Waals surface area contributed by atoms with Crippen LogP contribution in [0.2, 0.25) is 0 Å². The summed E-state index contributed by atoms with van der Waals surface area (Å²) in [4.78, 5) is 38.4. The molecule has 0 aliphatic carbocycles. The molecule has 4 rings (SSSR count). The summed E-state index contributed by atoms with van der Waals surface area (Å²) in [6.45, 7) is 4.55. The maximum absolute atomic E-state index is 12.3. The molecule has 0 fully saturated rings. The lowest BCUT2D eigenvalue weighted by Gasteiger charge is -2.25. The monoisotopic (exact) mass is 363 g/mol. The van der Waals surface area contributed by atoms with Gasteiger partial charge in [0.25, 0.3) is 0 Å². The third-order valence-corrected chi connectivity index (χ3v) is 5.15. The third-order valence-electron chi connectivity index (χ3n) is 5.15. The van der Waals surface area contributed by atoms with Gasteiger partial charge >= 0.3 is 11.8 Å². The first-order chi connectivity index (χ1) is 12.9. The number of rotatable bonds is 2. The molecule has 27 heavy (non-hydrogen) atoms. The smallest absolute Gasteiger partial charge is 0.314 e. The van der Waals surface area contributed by atoms with Crippen molar-refractivity contribution in [2.75, 3.05) is 22.1 Å². The summed E-state index contributed by atoms with van der Waals surface area (Å²) in [6.07, 6.45) is 1.92. The van der Waals surface area contributed by atoms with Crippen LogP contribution in [0.25, 0.3) is 0 Å². The molecule has 0 bridgehead atoms. The van der Waals surface area contributed by atoms with E-state index in [0.29, 0.717) is 30.8 Å².